The van der Waals surface area contributed by atoms with Crippen LogP contribution in [0.1, 0.15) is 24.1 Å². The van der Waals surface area contributed by atoms with Gasteiger partial charge < -0.3 is 15.4 Å². The third kappa shape index (κ3) is 3.81. The number of nitrogens with zero attached hydrogens (tertiary/aromatic N) is 4. The number of benzene rings is 2. The number of methoxy groups -OCH3 is 1. The number of ether oxygens (including phenoxy) is 1. The molecule has 2 aromatic carbocycles. The fraction of sp³-hybridized carbons (Fsp3) is 0.200. The first-order chi connectivity index (χ1) is 14.8. The number of allylic oxidation sites excluding steroid dienone is 1. The van der Waals surface area contributed by atoms with Crippen molar-refractivity contribution >= 4 is 17.5 Å². The van der Waals surface area contributed by atoms with E-state index in [1.54, 1.807) is 31.2 Å². The molecule has 0 aliphatic carbocycles. The highest BCUT2D eigenvalue weighted by Gasteiger charge is 2.35. The highest BCUT2D eigenvalue weighted by Crippen LogP contribution is 2.37. The summed E-state index contributed by atoms with van der Waals surface area (Å²) < 4.78 is 45.6. The van der Waals surface area contributed by atoms with Crippen molar-refractivity contribution in [3.8, 4) is 5.75 Å². The number of para-hydroxylation sites is 2. The van der Waals surface area contributed by atoms with E-state index >= 15 is 0 Å². The Morgan fingerprint density at radius 2 is 1.87 bits per heavy atom. The van der Waals surface area contributed by atoms with E-state index in [4.69, 9.17) is 4.74 Å². The summed E-state index contributed by atoms with van der Waals surface area (Å²) in [4.78, 5) is 13.3. The first-order valence-electron chi connectivity index (χ1n) is 9.16. The average Bonchev–Trinajstić information content (AvgIpc) is 3.20. The number of hydrogen-bond acceptors (Lipinski definition) is 6. The lowest BCUT2D eigenvalue weighted by atomic mass is 9.94. The lowest BCUT2D eigenvalue weighted by Gasteiger charge is -2.28. The van der Waals surface area contributed by atoms with Crippen LogP contribution in [-0.4, -0.2) is 33.2 Å². The van der Waals surface area contributed by atoms with Gasteiger partial charge >= 0.3 is 6.18 Å². The van der Waals surface area contributed by atoms with Gasteiger partial charge in [-0.3, -0.25) is 4.79 Å². The topological polar surface area (TPSA) is 94.0 Å². The molecule has 0 fully saturated rings. The summed E-state index contributed by atoms with van der Waals surface area (Å²) in [6.07, 6.45) is -4.47. The molecule has 1 aliphatic heterocycles. The average molecular weight is 430 g/mol. The normalized spacial score (nSPS) is 15.8. The maximum Gasteiger partial charge on any atom is 0.416 e. The molecule has 31 heavy (non-hydrogen) atoms. The van der Waals surface area contributed by atoms with Crippen LogP contribution in [0.4, 0.5) is 24.8 Å². The van der Waals surface area contributed by atoms with Gasteiger partial charge in [0.2, 0.25) is 5.95 Å². The molecular formula is C20H17F3N6O2. The molecule has 1 aromatic heterocycles. The van der Waals surface area contributed by atoms with Crippen molar-refractivity contribution < 1.29 is 22.7 Å². The summed E-state index contributed by atoms with van der Waals surface area (Å²) in [5, 5.41) is 17.2. The predicted molar refractivity (Wildman–Crippen MR) is 105 cm³/mol. The summed E-state index contributed by atoms with van der Waals surface area (Å²) in [6.45, 7) is 1.67. The fourth-order valence-electron chi connectivity index (χ4n) is 3.41. The monoisotopic (exact) mass is 430 g/mol. The van der Waals surface area contributed by atoms with Crippen molar-refractivity contribution in [2.75, 3.05) is 17.7 Å². The third-order valence-electron chi connectivity index (χ3n) is 4.87. The first kappa shape index (κ1) is 20.4. The Hall–Kier alpha value is -3.89. The number of anilines is 2. The van der Waals surface area contributed by atoms with Crippen molar-refractivity contribution in [3.63, 3.8) is 0 Å². The number of carbonyl (C=O) groups is 1. The highest BCUT2D eigenvalue weighted by atomic mass is 19.4. The molecule has 0 spiro atoms. The molecule has 0 saturated heterocycles. The number of amides is 1. The van der Waals surface area contributed by atoms with Gasteiger partial charge in [-0.05, 0) is 47.2 Å². The maximum absolute atomic E-state index is 13.3. The number of alkyl halides is 3. The van der Waals surface area contributed by atoms with Gasteiger partial charge in [-0.2, -0.15) is 17.9 Å². The van der Waals surface area contributed by atoms with E-state index in [2.05, 4.69) is 26.2 Å². The predicted octanol–water partition coefficient (Wildman–Crippen LogP) is 3.63. The van der Waals surface area contributed by atoms with E-state index in [1.165, 1.54) is 23.9 Å². The molecule has 2 heterocycles. The number of tetrazole rings is 1. The van der Waals surface area contributed by atoms with Crippen molar-refractivity contribution in [3.05, 3.63) is 70.9 Å². The summed E-state index contributed by atoms with van der Waals surface area (Å²) in [5.74, 6) is 0.267. The Kier molecular flexibility index (Phi) is 5.09. The number of carbonyl (C=O) groups excluding carboxylic acids is 1. The Labute approximate surface area is 174 Å². The quantitative estimate of drug-likeness (QED) is 0.657. The van der Waals surface area contributed by atoms with Crippen molar-refractivity contribution in [1.29, 1.82) is 0 Å². The molecule has 1 atom stereocenters. The third-order valence-corrected chi connectivity index (χ3v) is 4.87. The van der Waals surface area contributed by atoms with E-state index in [-0.39, 0.29) is 11.5 Å². The van der Waals surface area contributed by atoms with Crippen LogP contribution in [-0.2, 0) is 11.0 Å². The molecule has 0 radical (unpaired) electrons. The molecule has 8 nitrogen and oxygen atoms in total. The molecule has 160 valence electrons. The van der Waals surface area contributed by atoms with Gasteiger partial charge in [-0.25, -0.2) is 0 Å². The standard InChI is InChI=1S/C20H17F3N6O2/c1-11-16(18(30)25-14-5-3-4-6-15(14)31-2)17(29-19(24-11)26-27-28-29)12-7-9-13(10-8-12)20(21,22)23/h3-10,17H,1-2H3,(H,25,30)(H,24,26,28)/t17-/m0/s1. The Bertz CT molecular complexity index is 1150. The van der Waals surface area contributed by atoms with E-state index in [0.717, 1.165) is 12.1 Å². The van der Waals surface area contributed by atoms with E-state index < -0.39 is 23.7 Å². The summed E-state index contributed by atoms with van der Waals surface area (Å²) in [6, 6.07) is 10.6. The van der Waals surface area contributed by atoms with Crippen LogP contribution in [0.2, 0.25) is 0 Å². The van der Waals surface area contributed by atoms with Crippen LogP contribution in [0.5, 0.6) is 5.75 Å². The lowest BCUT2D eigenvalue weighted by Crippen LogP contribution is -2.31. The summed E-state index contributed by atoms with van der Waals surface area (Å²) in [5.41, 5.74) is 0.810. The molecular weight excluding hydrogens is 413 g/mol. The van der Waals surface area contributed by atoms with Crippen molar-refractivity contribution in [1.82, 2.24) is 20.2 Å². The Morgan fingerprint density at radius 1 is 1.16 bits per heavy atom. The number of halogens is 3. The molecule has 0 bridgehead atoms. The smallest absolute Gasteiger partial charge is 0.416 e. The number of nitrogens with one attached hydrogen (secondary N) is 2. The fourth-order valence-corrected chi connectivity index (χ4v) is 3.41. The van der Waals surface area contributed by atoms with Crippen LogP contribution in [0.3, 0.4) is 0 Å². The van der Waals surface area contributed by atoms with Crippen LogP contribution in [0.25, 0.3) is 0 Å². The number of hydrogen-bond donors (Lipinski definition) is 2. The molecule has 4 rings (SSSR count). The minimum absolute atomic E-state index is 0.255. The molecule has 0 saturated carbocycles. The van der Waals surface area contributed by atoms with E-state index in [9.17, 15) is 18.0 Å². The molecule has 2 N–H and O–H groups in total. The largest absolute Gasteiger partial charge is 0.495 e. The van der Waals surface area contributed by atoms with Crippen molar-refractivity contribution in [2.45, 2.75) is 19.1 Å². The number of rotatable bonds is 4. The highest BCUT2D eigenvalue weighted by molar-refractivity contribution is 6.06. The summed E-state index contributed by atoms with van der Waals surface area (Å²) >= 11 is 0. The maximum atomic E-state index is 13.3. The van der Waals surface area contributed by atoms with Gasteiger partial charge in [-0.15, -0.1) is 0 Å². The zero-order valence-electron chi connectivity index (χ0n) is 16.4. The minimum atomic E-state index is -4.47. The minimum Gasteiger partial charge on any atom is -0.495 e. The van der Waals surface area contributed by atoms with Gasteiger partial charge in [-0.1, -0.05) is 29.4 Å². The first-order valence-corrected chi connectivity index (χ1v) is 9.16. The van der Waals surface area contributed by atoms with Gasteiger partial charge in [0.15, 0.2) is 0 Å². The van der Waals surface area contributed by atoms with Gasteiger partial charge in [0.1, 0.15) is 11.8 Å². The molecule has 1 amide bonds. The Morgan fingerprint density at radius 3 is 2.55 bits per heavy atom. The van der Waals surface area contributed by atoms with Crippen LogP contribution in [0, 0.1) is 0 Å². The van der Waals surface area contributed by atoms with Gasteiger partial charge in [0.25, 0.3) is 5.91 Å². The van der Waals surface area contributed by atoms with Crippen LogP contribution in [0.15, 0.2) is 59.8 Å². The second-order valence-electron chi connectivity index (χ2n) is 6.79. The molecule has 3 aromatic rings. The zero-order chi connectivity index (χ0) is 22.2. The second kappa shape index (κ2) is 7.74. The second-order valence-corrected chi connectivity index (χ2v) is 6.79. The zero-order valence-corrected chi connectivity index (χ0v) is 16.4. The molecule has 11 heteroatoms. The number of aromatic nitrogens is 4. The number of fused-ring (bicyclic) bond motifs is 1. The van der Waals surface area contributed by atoms with E-state index in [0.29, 0.717) is 22.7 Å². The van der Waals surface area contributed by atoms with Gasteiger partial charge in [0.05, 0.1) is 23.9 Å². The summed E-state index contributed by atoms with van der Waals surface area (Å²) in [7, 11) is 1.48. The van der Waals surface area contributed by atoms with Crippen LogP contribution < -0.4 is 15.4 Å². The molecule has 0 unspecified atom stereocenters. The van der Waals surface area contributed by atoms with E-state index in [1.807, 2.05) is 0 Å². The van der Waals surface area contributed by atoms with Gasteiger partial charge in [0, 0.05) is 5.70 Å². The SMILES string of the molecule is COc1ccccc1NC(=O)C1=C(C)Nc2nnnn2[C@H]1c1ccc(C(F)(F)F)cc1. The van der Waals surface area contributed by atoms with Crippen LogP contribution >= 0.6 is 0 Å². The lowest BCUT2D eigenvalue weighted by molar-refractivity contribution is -0.137. The van der Waals surface area contributed by atoms with Crippen molar-refractivity contribution in [2.24, 2.45) is 0 Å². The molecule has 1 aliphatic rings. The Balaban J connectivity index is 1.75.